The van der Waals surface area contributed by atoms with Gasteiger partial charge in [-0.1, -0.05) is 6.07 Å². The van der Waals surface area contributed by atoms with E-state index in [1.807, 2.05) is 0 Å². The van der Waals surface area contributed by atoms with E-state index in [0.29, 0.717) is 0 Å². The average Bonchev–Trinajstić information content (AvgIpc) is 3.20. The maximum Gasteiger partial charge on any atom is 0.461 e. The molecule has 1 saturated carbocycles. The molecule has 1 aliphatic carbocycles. The maximum atomic E-state index is 14.2. The highest BCUT2D eigenvalue weighted by molar-refractivity contribution is 6.49. The third-order valence-corrected chi connectivity index (χ3v) is 5.04. The molecule has 0 bridgehead atoms. The fourth-order valence-electron chi connectivity index (χ4n) is 3.65. The van der Waals surface area contributed by atoms with Gasteiger partial charge in [-0.25, -0.2) is 9.18 Å². The number of ether oxygens (including phenoxy) is 2. The van der Waals surface area contributed by atoms with Crippen molar-refractivity contribution in [1.29, 1.82) is 0 Å². The Balaban J connectivity index is 1.55. The number of esters is 1. The van der Waals surface area contributed by atoms with E-state index in [1.165, 1.54) is 11.0 Å². The number of carbonyl (C=O) groups excluding carboxylic acids is 2. The normalized spacial score (nSPS) is 28.3. The molecule has 0 radical (unpaired) electrons. The van der Waals surface area contributed by atoms with Crippen LogP contribution in [0.1, 0.15) is 42.1 Å². The van der Waals surface area contributed by atoms with Gasteiger partial charge in [-0.15, -0.1) is 0 Å². The summed E-state index contributed by atoms with van der Waals surface area (Å²) < 4.78 is 36.5. The molecule has 2 fully saturated rings. The van der Waals surface area contributed by atoms with E-state index in [0.717, 1.165) is 12.0 Å². The summed E-state index contributed by atoms with van der Waals surface area (Å²) in [6, 6.07) is 2.88. The van der Waals surface area contributed by atoms with E-state index in [9.17, 15) is 14.0 Å². The van der Waals surface area contributed by atoms with Crippen LogP contribution in [0.3, 0.4) is 0 Å². The Bertz CT molecular complexity index is 813. The van der Waals surface area contributed by atoms with Crippen molar-refractivity contribution in [3.63, 3.8) is 0 Å². The largest absolute Gasteiger partial charge is 0.461 e. The third kappa shape index (κ3) is 3.19. The first kappa shape index (κ1) is 18.2. The van der Waals surface area contributed by atoms with Gasteiger partial charge >= 0.3 is 13.1 Å². The Morgan fingerprint density at radius 2 is 2.04 bits per heavy atom. The molecule has 1 aromatic carbocycles. The number of rotatable bonds is 3. The lowest BCUT2D eigenvalue weighted by Crippen LogP contribution is -2.39. The SMILES string of the molecule is CN(C)C(=O)C1COB(C2CC2c2ccc(F)c3c2OC(C)(C)OC3=O)O1. The molecular formula is C18H21BFNO6. The van der Waals surface area contributed by atoms with Crippen molar-refractivity contribution < 1.29 is 32.8 Å². The predicted octanol–water partition coefficient (Wildman–Crippen LogP) is 1.96. The zero-order chi connectivity index (χ0) is 19.5. The highest BCUT2D eigenvalue weighted by atomic mass is 19.1. The minimum Gasteiger partial charge on any atom is -0.451 e. The zero-order valence-electron chi connectivity index (χ0n) is 15.7. The minimum atomic E-state index is -1.17. The van der Waals surface area contributed by atoms with E-state index < -0.39 is 30.8 Å². The number of carbonyl (C=O) groups is 2. The van der Waals surface area contributed by atoms with Crippen LogP contribution in [-0.4, -0.2) is 56.5 Å². The number of hydrogen-bond donors (Lipinski definition) is 0. The standard InChI is InChI=1S/C18H21BFNO6/c1-18(2)25-15-9(5-6-12(20)14(15)17(23)26-18)10-7-11(10)19-24-8-13(27-19)16(22)21(3)4/h5-6,10-11,13H,7-8H2,1-4H3. The molecule has 7 nitrogen and oxygen atoms in total. The summed E-state index contributed by atoms with van der Waals surface area (Å²) in [6.07, 6.45) is 0.128. The van der Waals surface area contributed by atoms with Crippen molar-refractivity contribution >= 4 is 19.0 Å². The molecule has 9 heteroatoms. The van der Waals surface area contributed by atoms with Crippen LogP contribution >= 0.6 is 0 Å². The van der Waals surface area contributed by atoms with Crippen molar-refractivity contribution in [2.24, 2.45) is 0 Å². The van der Waals surface area contributed by atoms with Gasteiger partial charge in [-0.2, -0.15) is 0 Å². The molecule has 0 spiro atoms. The first-order valence-electron chi connectivity index (χ1n) is 8.91. The van der Waals surface area contributed by atoms with Crippen molar-refractivity contribution in [1.82, 2.24) is 4.90 Å². The molecule has 2 heterocycles. The number of nitrogens with zero attached hydrogens (tertiary/aromatic N) is 1. The van der Waals surface area contributed by atoms with Crippen LogP contribution in [0.15, 0.2) is 12.1 Å². The molecule has 144 valence electrons. The highest BCUT2D eigenvalue weighted by Gasteiger charge is 2.55. The molecule has 0 aromatic heterocycles. The van der Waals surface area contributed by atoms with Crippen molar-refractivity contribution in [2.45, 2.75) is 43.9 Å². The number of hydrogen-bond acceptors (Lipinski definition) is 6. The van der Waals surface area contributed by atoms with Gasteiger partial charge in [0.1, 0.15) is 23.2 Å². The fraction of sp³-hybridized carbons (Fsp3) is 0.556. The van der Waals surface area contributed by atoms with Gasteiger partial charge in [0.25, 0.3) is 5.91 Å². The number of halogens is 1. The Kier molecular flexibility index (Phi) is 4.19. The first-order valence-corrected chi connectivity index (χ1v) is 8.91. The van der Waals surface area contributed by atoms with Crippen molar-refractivity contribution in [2.75, 3.05) is 20.7 Å². The fourth-order valence-corrected chi connectivity index (χ4v) is 3.65. The molecule has 4 rings (SSSR count). The van der Waals surface area contributed by atoms with E-state index in [4.69, 9.17) is 18.8 Å². The summed E-state index contributed by atoms with van der Waals surface area (Å²) in [5.41, 5.74) is 0.558. The Morgan fingerprint density at radius 3 is 2.74 bits per heavy atom. The van der Waals surface area contributed by atoms with Gasteiger partial charge in [-0.05, 0) is 24.0 Å². The molecule has 2 aliphatic heterocycles. The predicted molar refractivity (Wildman–Crippen MR) is 92.9 cm³/mol. The van der Waals surface area contributed by atoms with E-state index >= 15 is 0 Å². The summed E-state index contributed by atoms with van der Waals surface area (Å²) in [7, 11) is 2.83. The minimum absolute atomic E-state index is 0.000687. The Morgan fingerprint density at radius 1 is 1.30 bits per heavy atom. The topological polar surface area (TPSA) is 74.3 Å². The van der Waals surface area contributed by atoms with Crippen LogP contribution in [0.2, 0.25) is 5.82 Å². The lowest BCUT2D eigenvalue weighted by Gasteiger charge is -2.33. The highest BCUT2D eigenvalue weighted by Crippen LogP contribution is 2.59. The van der Waals surface area contributed by atoms with Crippen LogP contribution in [0.5, 0.6) is 5.75 Å². The van der Waals surface area contributed by atoms with E-state index in [2.05, 4.69) is 0 Å². The van der Waals surface area contributed by atoms with Crippen LogP contribution in [0, 0.1) is 5.82 Å². The Labute approximate surface area is 156 Å². The lowest BCUT2D eigenvalue weighted by molar-refractivity contribution is -0.135. The lowest BCUT2D eigenvalue weighted by atomic mass is 9.79. The second-order valence-electron chi connectivity index (χ2n) is 7.80. The number of likely N-dealkylation sites (N-methyl/N-ethyl adjacent to an activating group) is 1. The van der Waals surface area contributed by atoms with Crippen LogP contribution in [0.4, 0.5) is 4.39 Å². The number of cyclic esters (lactones) is 1. The van der Waals surface area contributed by atoms with Gasteiger partial charge in [-0.3, -0.25) is 4.79 Å². The summed E-state index contributed by atoms with van der Waals surface area (Å²) >= 11 is 0. The zero-order valence-corrected chi connectivity index (χ0v) is 15.7. The van der Waals surface area contributed by atoms with Crippen molar-refractivity contribution in [3.8, 4) is 5.75 Å². The Hall–Kier alpha value is -2.13. The molecule has 3 aliphatic rings. The van der Waals surface area contributed by atoms with Gasteiger partial charge in [0.15, 0.2) is 0 Å². The van der Waals surface area contributed by atoms with Gasteiger partial charge in [0.05, 0.1) is 6.61 Å². The molecule has 3 atom stereocenters. The summed E-state index contributed by atoms with van der Waals surface area (Å²) in [4.78, 5) is 25.7. The smallest absolute Gasteiger partial charge is 0.451 e. The second kappa shape index (κ2) is 6.20. The molecule has 3 unspecified atom stereocenters. The molecule has 1 aromatic rings. The van der Waals surface area contributed by atoms with Crippen LogP contribution in [-0.2, 0) is 18.8 Å². The van der Waals surface area contributed by atoms with Crippen LogP contribution < -0.4 is 4.74 Å². The van der Waals surface area contributed by atoms with Crippen LogP contribution in [0.25, 0.3) is 0 Å². The number of fused-ring (bicyclic) bond motifs is 1. The summed E-state index contributed by atoms with van der Waals surface area (Å²) in [6.45, 7) is 3.42. The summed E-state index contributed by atoms with van der Waals surface area (Å²) in [5, 5.41) is 0. The quantitative estimate of drug-likeness (QED) is 0.592. The monoisotopic (exact) mass is 377 g/mol. The van der Waals surface area contributed by atoms with Crippen molar-refractivity contribution in [3.05, 3.63) is 29.1 Å². The average molecular weight is 377 g/mol. The molecule has 27 heavy (non-hydrogen) atoms. The van der Waals surface area contributed by atoms with Gasteiger partial charge in [0.2, 0.25) is 5.79 Å². The first-order chi connectivity index (χ1) is 12.7. The van der Waals surface area contributed by atoms with Gasteiger partial charge in [0, 0.05) is 33.8 Å². The van der Waals surface area contributed by atoms with E-state index in [-0.39, 0.29) is 35.6 Å². The number of amides is 1. The number of benzene rings is 1. The molecule has 0 N–H and O–H groups in total. The molecular weight excluding hydrogens is 356 g/mol. The maximum absolute atomic E-state index is 14.2. The van der Waals surface area contributed by atoms with Gasteiger partial charge < -0.3 is 23.7 Å². The van der Waals surface area contributed by atoms with E-state index in [1.54, 1.807) is 34.0 Å². The summed E-state index contributed by atoms with van der Waals surface area (Å²) in [5.74, 6) is -2.47. The molecule has 1 saturated heterocycles. The second-order valence-corrected chi connectivity index (χ2v) is 7.80. The third-order valence-electron chi connectivity index (χ3n) is 5.04. The molecule has 1 amide bonds.